The fourth-order valence-electron chi connectivity index (χ4n) is 2.07. The second-order valence-corrected chi connectivity index (χ2v) is 5.08. The van der Waals surface area contributed by atoms with Crippen molar-refractivity contribution in [2.45, 2.75) is 20.8 Å². The fraction of sp³-hybridized carbons (Fsp3) is 0.235. The van der Waals surface area contributed by atoms with E-state index in [9.17, 15) is 14.4 Å². The van der Waals surface area contributed by atoms with Crippen LogP contribution in [0.5, 0.6) is 0 Å². The average Bonchev–Trinajstić information content (AvgIpc) is 2.83. The first-order valence-electron chi connectivity index (χ1n) is 7.02. The van der Waals surface area contributed by atoms with E-state index in [-0.39, 0.29) is 18.3 Å². The predicted molar refractivity (Wildman–Crippen MR) is 83.5 cm³/mol. The zero-order valence-electron chi connectivity index (χ0n) is 13.1. The lowest BCUT2D eigenvalue weighted by Crippen LogP contribution is -2.14. The van der Waals surface area contributed by atoms with Gasteiger partial charge in [0.1, 0.15) is 17.1 Å². The molecule has 0 saturated carbocycles. The summed E-state index contributed by atoms with van der Waals surface area (Å²) < 4.78 is 10.3. The van der Waals surface area contributed by atoms with E-state index >= 15 is 0 Å². The minimum absolute atomic E-state index is 0.191. The number of Topliss-reactive ketones (excluding diaryl/α,β-unsaturated/α-hetero) is 1. The summed E-state index contributed by atoms with van der Waals surface area (Å²) >= 11 is 0. The molecule has 6 nitrogen and oxygen atoms in total. The number of carbonyl (C=O) groups excluding carboxylic acids is 3. The van der Waals surface area contributed by atoms with Crippen LogP contribution >= 0.6 is 0 Å². The average molecular weight is 315 g/mol. The molecule has 1 aromatic carbocycles. The van der Waals surface area contributed by atoms with Gasteiger partial charge < -0.3 is 14.5 Å². The molecule has 0 aliphatic heterocycles. The summed E-state index contributed by atoms with van der Waals surface area (Å²) in [5.74, 6) is -0.0501. The third-order valence-electron chi connectivity index (χ3n) is 3.12. The van der Waals surface area contributed by atoms with Crippen molar-refractivity contribution in [3.8, 4) is 0 Å². The molecule has 23 heavy (non-hydrogen) atoms. The Hall–Kier alpha value is -2.89. The second kappa shape index (κ2) is 6.91. The minimum atomic E-state index is -0.595. The maximum atomic E-state index is 12.0. The third-order valence-corrected chi connectivity index (χ3v) is 3.12. The summed E-state index contributed by atoms with van der Waals surface area (Å²) in [6.07, 6.45) is 0. The van der Waals surface area contributed by atoms with Crippen molar-refractivity contribution >= 4 is 23.3 Å². The van der Waals surface area contributed by atoms with Crippen LogP contribution in [-0.2, 0) is 9.53 Å². The molecule has 1 amide bonds. The number of hydrogen-bond donors (Lipinski definition) is 1. The van der Waals surface area contributed by atoms with Gasteiger partial charge in [-0.2, -0.15) is 0 Å². The molecule has 0 aliphatic carbocycles. The summed E-state index contributed by atoms with van der Waals surface area (Å²) in [7, 11) is 0. The molecule has 1 N–H and O–H groups in total. The van der Waals surface area contributed by atoms with E-state index < -0.39 is 5.97 Å². The molecule has 0 bridgehead atoms. The van der Waals surface area contributed by atoms with Gasteiger partial charge in [-0.3, -0.25) is 9.59 Å². The molecule has 120 valence electrons. The van der Waals surface area contributed by atoms with Crippen molar-refractivity contribution in [1.82, 2.24) is 0 Å². The van der Waals surface area contributed by atoms with E-state index in [4.69, 9.17) is 9.15 Å². The third kappa shape index (κ3) is 4.29. The SMILES string of the molecule is CC(=O)Nc1ccc(C(=O)COC(=O)c2cc(C)oc2C)cc1. The largest absolute Gasteiger partial charge is 0.466 e. The Kier molecular flexibility index (Phi) is 4.95. The zero-order chi connectivity index (χ0) is 17.0. The van der Waals surface area contributed by atoms with Crippen LogP contribution in [0.2, 0.25) is 0 Å². The molecule has 0 spiro atoms. The Labute approximate surface area is 133 Å². The van der Waals surface area contributed by atoms with Crippen LogP contribution in [0.1, 0.15) is 39.2 Å². The number of rotatable bonds is 5. The van der Waals surface area contributed by atoms with Gasteiger partial charge in [0.2, 0.25) is 5.91 Å². The lowest BCUT2D eigenvalue weighted by Gasteiger charge is -2.05. The number of nitrogens with one attached hydrogen (secondary N) is 1. The molecule has 0 radical (unpaired) electrons. The molecule has 0 aliphatic rings. The molecule has 0 unspecified atom stereocenters. The summed E-state index contributed by atoms with van der Waals surface area (Å²) in [6, 6.07) is 7.92. The molecular formula is C17H17NO5. The van der Waals surface area contributed by atoms with Crippen LogP contribution in [0.3, 0.4) is 0 Å². The van der Waals surface area contributed by atoms with Gasteiger partial charge in [-0.25, -0.2) is 4.79 Å². The lowest BCUT2D eigenvalue weighted by atomic mass is 10.1. The number of anilines is 1. The molecule has 1 heterocycles. The summed E-state index contributed by atoms with van der Waals surface area (Å²) in [6.45, 7) is 4.43. The van der Waals surface area contributed by atoms with Crippen LogP contribution in [0.25, 0.3) is 0 Å². The Morgan fingerprint density at radius 3 is 2.30 bits per heavy atom. The fourth-order valence-corrected chi connectivity index (χ4v) is 2.07. The zero-order valence-corrected chi connectivity index (χ0v) is 13.1. The smallest absolute Gasteiger partial charge is 0.342 e. The Balaban J connectivity index is 1.95. The number of carbonyl (C=O) groups is 3. The molecule has 6 heteroatoms. The number of furan rings is 1. The van der Waals surface area contributed by atoms with Crippen LogP contribution in [0.4, 0.5) is 5.69 Å². The van der Waals surface area contributed by atoms with Crippen molar-refractivity contribution in [2.24, 2.45) is 0 Å². The summed E-state index contributed by atoms with van der Waals surface area (Å²) in [4.78, 5) is 34.9. The highest BCUT2D eigenvalue weighted by atomic mass is 16.5. The molecule has 0 fully saturated rings. The van der Waals surface area contributed by atoms with Gasteiger partial charge in [-0.05, 0) is 44.2 Å². The van der Waals surface area contributed by atoms with E-state index in [1.54, 1.807) is 44.2 Å². The lowest BCUT2D eigenvalue weighted by molar-refractivity contribution is -0.114. The van der Waals surface area contributed by atoms with E-state index in [0.717, 1.165) is 0 Å². The molecule has 0 saturated heterocycles. The highest BCUT2D eigenvalue weighted by molar-refractivity contribution is 6.00. The van der Waals surface area contributed by atoms with Crippen molar-refractivity contribution in [3.05, 3.63) is 53.0 Å². The van der Waals surface area contributed by atoms with Gasteiger partial charge in [0.15, 0.2) is 12.4 Å². The first kappa shape index (κ1) is 16.5. The molecule has 1 aromatic heterocycles. The van der Waals surface area contributed by atoms with Crippen molar-refractivity contribution in [3.63, 3.8) is 0 Å². The highest BCUT2D eigenvalue weighted by Crippen LogP contribution is 2.15. The topological polar surface area (TPSA) is 85.6 Å². The monoisotopic (exact) mass is 315 g/mol. The first-order chi connectivity index (χ1) is 10.9. The summed E-state index contributed by atoms with van der Waals surface area (Å²) in [5, 5.41) is 2.61. The van der Waals surface area contributed by atoms with Crippen LogP contribution in [0, 0.1) is 13.8 Å². The van der Waals surface area contributed by atoms with Crippen LogP contribution < -0.4 is 5.32 Å². The highest BCUT2D eigenvalue weighted by Gasteiger charge is 2.17. The van der Waals surface area contributed by atoms with Crippen LogP contribution in [-0.4, -0.2) is 24.3 Å². The summed E-state index contributed by atoms with van der Waals surface area (Å²) in [5.41, 5.74) is 1.30. The van der Waals surface area contributed by atoms with Crippen molar-refractivity contribution < 1.29 is 23.5 Å². The van der Waals surface area contributed by atoms with Crippen molar-refractivity contribution in [1.29, 1.82) is 0 Å². The number of ketones is 1. The van der Waals surface area contributed by atoms with Gasteiger partial charge in [-0.1, -0.05) is 0 Å². The number of hydrogen-bond acceptors (Lipinski definition) is 5. The quantitative estimate of drug-likeness (QED) is 0.677. The minimum Gasteiger partial charge on any atom is -0.466 e. The number of ether oxygens (including phenoxy) is 1. The first-order valence-corrected chi connectivity index (χ1v) is 7.02. The van der Waals surface area contributed by atoms with E-state index in [0.29, 0.717) is 28.3 Å². The standard InChI is InChI=1S/C17H17NO5/c1-10-8-15(11(2)23-10)17(21)22-9-16(20)13-4-6-14(7-5-13)18-12(3)19/h4-8H,9H2,1-3H3,(H,18,19). The maximum absolute atomic E-state index is 12.0. The van der Waals surface area contributed by atoms with E-state index in [2.05, 4.69) is 5.32 Å². The molecule has 2 aromatic rings. The van der Waals surface area contributed by atoms with Gasteiger partial charge in [0.05, 0.1) is 0 Å². The van der Waals surface area contributed by atoms with Gasteiger partial charge >= 0.3 is 5.97 Å². The number of benzene rings is 1. The Morgan fingerprint density at radius 1 is 1.13 bits per heavy atom. The second-order valence-electron chi connectivity index (χ2n) is 5.08. The Morgan fingerprint density at radius 2 is 1.78 bits per heavy atom. The van der Waals surface area contributed by atoms with E-state index in [1.807, 2.05) is 0 Å². The van der Waals surface area contributed by atoms with E-state index in [1.165, 1.54) is 6.92 Å². The molecule has 2 rings (SSSR count). The maximum Gasteiger partial charge on any atom is 0.342 e. The van der Waals surface area contributed by atoms with Crippen LogP contribution in [0.15, 0.2) is 34.7 Å². The predicted octanol–water partition coefficient (Wildman–Crippen LogP) is 2.89. The Bertz CT molecular complexity index is 743. The van der Waals surface area contributed by atoms with Gasteiger partial charge in [0, 0.05) is 18.2 Å². The molecule has 0 atom stereocenters. The number of aryl methyl sites for hydroxylation is 2. The normalized spacial score (nSPS) is 10.2. The van der Waals surface area contributed by atoms with Gasteiger partial charge in [-0.15, -0.1) is 0 Å². The molecular weight excluding hydrogens is 298 g/mol. The van der Waals surface area contributed by atoms with Crippen molar-refractivity contribution in [2.75, 3.05) is 11.9 Å². The number of esters is 1. The van der Waals surface area contributed by atoms with Gasteiger partial charge in [0.25, 0.3) is 0 Å². The number of amides is 1.